The first-order valence-electron chi connectivity index (χ1n) is 6.48. The van der Waals surface area contributed by atoms with Crippen molar-refractivity contribution in [3.63, 3.8) is 0 Å². The number of anilines is 1. The molecule has 8 heteroatoms. The Morgan fingerprint density at radius 2 is 1.95 bits per heavy atom. The fraction of sp³-hybridized carbons (Fsp3) is 0.667. The van der Waals surface area contributed by atoms with E-state index in [1.807, 2.05) is 27.7 Å². The Morgan fingerprint density at radius 3 is 2.55 bits per heavy atom. The molecule has 0 unspecified atom stereocenters. The molecule has 0 fully saturated rings. The summed E-state index contributed by atoms with van der Waals surface area (Å²) < 4.78 is 5.35. The number of carbonyl (C=O) groups is 1. The van der Waals surface area contributed by atoms with Crippen molar-refractivity contribution in [1.82, 2.24) is 20.3 Å². The second kappa shape index (κ2) is 7.84. The minimum atomic E-state index is -0.0573. The minimum absolute atomic E-state index is 0.0358. The number of nitrogens with one attached hydrogen (secondary N) is 2. The molecule has 1 heterocycles. The minimum Gasteiger partial charge on any atom is -0.461 e. The standard InChI is InChI=1S/C12H20ClN5O2/c1-7(2)15-9(19)5-6-14-11-16-10(13)17-12(18-11)20-8(3)4/h7-8H,5-6H2,1-4H3,(H,15,19)(H,14,16,17,18). The zero-order valence-electron chi connectivity index (χ0n) is 12.1. The molecule has 0 aliphatic carbocycles. The molecule has 1 aromatic rings. The molecule has 0 aliphatic heterocycles. The third-order valence-electron chi connectivity index (χ3n) is 2.01. The van der Waals surface area contributed by atoms with Gasteiger partial charge in [-0.2, -0.15) is 15.0 Å². The second-order valence-electron chi connectivity index (χ2n) is 4.78. The van der Waals surface area contributed by atoms with Crippen LogP contribution in [0.3, 0.4) is 0 Å². The van der Waals surface area contributed by atoms with Crippen LogP contribution in [0.4, 0.5) is 5.95 Å². The number of carbonyl (C=O) groups excluding carboxylic acids is 1. The van der Waals surface area contributed by atoms with Crippen LogP contribution in [0.1, 0.15) is 34.1 Å². The van der Waals surface area contributed by atoms with Crippen LogP contribution in [0.15, 0.2) is 0 Å². The van der Waals surface area contributed by atoms with Crippen molar-refractivity contribution in [2.45, 2.75) is 46.3 Å². The van der Waals surface area contributed by atoms with Gasteiger partial charge >= 0.3 is 6.01 Å². The van der Waals surface area contributed by atoms with E-state index >= 15 is 0 Å². The lowest BCUT2D eigenvalue weighted by Crippen LogP contribution is -2.31. The smallest absolute Gasteiger partial charge is 0.322 e. The van der Waals surface area contributed by atoms with Gasteiger partial charge in [0.15, 0.2) is 0 Å². The fourth-order valence-corrected chi connectivity index (χ4v) is 1.51. The molecular formula is C12H20ClN5O2. The summed E-state index contributed by atoms with van der Waals surface area (Å²) in [6, 6.07) is 0.286. The van der Waals surface area contributed by atoms with Gasteiger partial charge in [-0.1, -0.05) is 0 Å². The molecule has 0 aliphatic rings. The van der Waals surface area contributed by atoms with E-state index in [9.17, 15) is 4.79 Å². The first-order valence-corrected chi connectivity index (χ1v) is 6.86. The number of hydrogen-bond acceptors (Lipinski definition) is 6. The van der Waals surface area contributed by atoms with Crippen LogP contribution in [0, 0.1) is 0 Å². The van der Waals surface area contributed by atoms with E-state index in [2.05, 4.69) is 25.6 Å². The van der Waals surface area contributed by atoms with Crippen molar-refractivity contribution in [3.8, 4) is 6.01 Å². The number of nitrogens with zero attached hydrogens (tertiary/aromatic N) is 3. The average Bonchev–Trinajstić information content (AvgIpc) is 2.25. The van der Waals surface area contributed by atoms with E-state index in [4.69, 9.17) is 16.3 Å². The number of ether oxygens (including phenoxy) is 1. The number of halogens is 1. The maximum atomic E-state index is 11.5. The average molecular weight is 302 g/mol. The lowest BCUT2D eigenvalue weighted by molar-refractivity contribution is -0.121. The molecule has 1 rings (SSSR count). The zero-order valence-corrected chi connectivity index (χ0v) is 12.9. The SMILES string of the molecule is CC(C)NC(=O)CCNc1nc(Cl)nc(OC(C)C)n1. The van der Waals surface area contributed by atoms with E-state index in [1.165, 1.54) is 0 Å². The Balaban J connectivity index is 2.51. The Morgan fingerprint density at radius 1 is 1.25 bits per heavy atom. The van der Waals surface area contributed by atoms with Gasteiger partial charge in [-0.05, 0) is 39.3 Å². The van der Waals surface area contributed by atoms with Crippen LogP contribution in [-0.2, 0) is 4.79 Å². The van der Waals surface area contributed by atoms with Crippen LogP contribution < -0.4 is 15.4 Å². The topological polar surface area (TPSA) is 89.0 Å². The highest BCUT2D eigenvalue weighted by molar-refractivity contribution is 6.28. The molecule has 0 radical (unpaired) electrons. The molecule has 20 heavy (non-hydrogen) atoms. The molecule has 1 aromatic heterocycles. The van der Waals surface area contributed by atoms with Crippen molar-refractivity contribution < 1.29 is 9.53 Å². The van der Waals surface area contributed by atoms with Crippen LogP contribution in [-0.4, -0.2) is 39.5 Å². The summed E-state index contributed by atoms with van der Waals surface area (Å²) in [5, 5.41) is 5.76. The van der Waals surface area contributed by atoms with E-state index < -0.39 is 0 Å². The van der Waals surface area contributed by atoms with Crippen molar-refractivity contribution in [2.75, 3.05) is 11.9 Å². The summed E-state index contributed by atoms with van der Waals surface area (Å²) >= 11 is 5.78. The molecule has 0 saturated carbocycles. The van der Waals surface area contributed by atoms with Gasteiger partial charge in [-0.3, -0.25) is 4.79 Å². The fourth-order valence-electron chi connectivity index (χ4n) is 1.36. The van der Waals surface area contributed by atoms with Gasteiger partial charge < -0.3 is 15.4 Å². The molecule has 7 nitrogen and oxygen atoms in total. The maximum Gasteiger partial charge on any atom is 0.322 e. The summed E-state index contributed by atoms with van der Waals surface area (Å²) in [5.74, 6) is 0.254. The van der Waals surface area contributed by atoms with Gasteiger partial charge in [-0.25, -0.2) is 0 Å². The summed E-state index contributed by atoms with van der Waals surface area (Å²) in [7, 11) is 0. The number of rotatable bonds is 7. The second-order valence-corrected chi connectivity index (χ2v) is 5.11. The number of hydrogen-bond donors (Lipinski definition) is 2. The van der Waals surface area contributed by atoms with Crippen molar-refractivity contribution in [2.24, 2.45) is 0 Å². The highest BCUT2D eigenvalue weighted by atomic mass is 35.5. The van der Waals surface area contributed by atoms with Gasteiger partial charge in [-0.15, -0.1) is 0 Å². The summed E-state index contributed by atoms with van der Waals surface area (Å²) in [5.41, 5.74) is 0. The molecule has 112 valence electrons. The monoisotopic (exact) mass is 301 g/mol. The van der Waals surface area contributed by atoms with Crippen LogP contribution in [0.5, 0.6) is 6.01 Å². The zero-order chi connectivity index (χ0) is 15.1. The Labute approximate surface area is 123 Å². The molecule has 2 N–H and O–H groups in total. The molecule has 1 amide bonds. The predicted molar refractivity (Wildman–Crippen MR) is 77.0 cm³/mol. The van der Waals surface area contributed by atoms with Crippen LogP contribution in [0.2, 0.25) is 5.28 Å². The van der Waals surface area contributed by atoms with Crippen molar-refractivity contribution in [1.29, 1.82) is 0 Å². The first kappa shape index (κ1) is 16.4. The Hall–Kier alpha value is -1.63. The van der Waals surface area contributed by atoms with Gasteiger partial charge in [0.05, 0.1) is 6.10 Å². The van der Waals surface area contributed by atoms with E-state index in [0.29, 0.717) is 13.0 Å². The molecule has 0 bridgehead atoms. The predicted octanol–water partition coefficient (Wildman–Crippen LogP) is 1.64. The summed E-state index contributed by atoms with van der Waals surface area (Å²) in [4.78, 5) is 23.3. The molecule has 0 saturated heterocycles. The highest BCUT2D eigenvalue weighted by Gasteiger charge is 2.08. The van der Waals surface area contributed by atoms with E-state index in [0.717, 1.165) is 0 Å². The van der Waals surface area contributed by atoms with Crippen LogP contribution in [0.25, 0.3) is 0 Å². The van der Waals surface area contributed by atoms with Gasteiger partial charge in [0.2, 0.25) is 17.1 Å². The lowest BCUT2D eigenvalue weighted by atomic mass is 10.3. The first-order chi connectivity index (χ1) is 9.36. The van der Waals surface area contributed by atoms with Crippen molar-refractivity contribution >= 4 is 23.5 Å². The quantitative estimate of drug-likeness (QED) is 0.796. The third kappa shape index (κ3) is 6.51. The molecule has 0 spiro atoms. The van der Waals surface area contributed by atoms with Gasteiger partial charge in [0.1, 0.15) is 0 Å². The Bertz CT molecular complexity index is 453. The van der Waals surface area contributed by atoms with Gasteiger partial charge in [0, 0.05) is 19.0 Å². The Kier molecular flexibility index (Phi) is 6.44. The molecule has 0 atom stereocenters. The van der Waals surface area contributed by atoms with E-state index in [-0.39, 0.29) is 35.3 Å². The largest absolute Gasteiger partial charge is 0.461 e. The molecular weight excluding hydrogens is 282 g/mol. The summed E-state index contributed by atoms with van der Waals surface area (Å²) in [6.45, 7) is 7.95. The lowest BCUT2D eigenvalue weighted by Gasteiger charge is -2.10. The van der Waals surface area contributed by atoms with Gasteiger partial charge in [0.25, 0.3) is 0 Å². The third-order valence-corrected chi connectivity index (χ3v) is 2.18. The maximum absolute atomic E-state index is 11.5. The number of aromatic nitrogens is 3. The molecule has 0 aromatic carbocycles. The van der Waals surface area contributed by atoms with Crippen molar-refractivity contribution in [3.05, 3.63) is 5.28 Å². The summed E-state index contributed by atoms with van der Waals surface area (Å²) in [6.07, 6.45) is 0.264. The van der Waals surface area contributed by atoms with Crippen LogP contribution >= 0.6 is 11.6 Å². The normalized spacial score (nSPS) is 10.8. The van der Waals surface area contributed by atoms with E-state index in [1.54, 1.807) is 0 Å². The highest BCUT2D eigenvalue weighted by Crippen LogP contribution is 2.12. The number of amides is 1.